The summed E-state index contributed by atoms with van der Waals surface area (Å²) in [5.41, 5.74) is 0. The largest absolute Gasteiger partial charge is 0.0942 e. The molecule has 4 unspecified atom stereocenters. The van der Waals surface area contributed by atoms with Gasteiger partial charge in [0.1, 0.15) is 0 Å². The van der Waals surface area contributed by atoms with Crippen LogP contribution in [0.25, 0.3) is 0 Å². The van der Waals surface area contributed by atoms with E-state index in [1.807, 2.05) is 6.08 Å². The van der Waals surface area contributed by atoms with Crippen molar-refractivity contribution in [1.29, 1.82) is 0 Å². The summed E-state index contributed by atoms with van der Waals surface area (Å²) in [5, 5.41) is 0. The second-order valence-electron chi connectivity index (χ2n) is 3.90. The molecule has 0 aliphatic heterocycles. The van der Waals surface area contributed by atoms with E-state index < -0.39 is 0 Å². The molecule has 0 heterocycles. The molecule has 0 heteroatoms. The van der Waals surface area contributed by atoms with E-state index in [0.717, 1.165) is 17.8 Å². The highest BCUT2D eigenvalue weighted by molar-refractivity contribution is 5.29. The average molecular weight is 160 g/mol. The number of hydrogen-bond acceptors (Lipinski definition) is 0. The van der Waals surface area contributed by atoms with E-state index in [1.165, 1.54) is 12.8 Å². The summed E-state index contributed by atoms with van der Waals surface area (Å²) < 4.78 is 0. The Balaban J connectivity index is 2.13. The lowest BCUT2D eigenvalue weighted by atomic mass is 9.54. The Hall–Kier alpha value is -0.700. The number of fused-ring (bicyclic) bond motifs is 1. The minimum atomic E-state index is 0.699. The van der Waals surface area contributed by atoms with Crippen LogP contribution in [0.2, 0.25) is 0 Å². The van der Waals surface area contributed by atoms with Crippen LogP contribution >= 0.6 is 0 Å². The van der Waals surface area contributed by atoms with E-state index in [1.54, 1.807) is 0 Å². The van der Waals surface area contributed by atoms with Gasteiger partial charge in [0.15, 0.2) is 0 Å². The van der Waals surface area contributed by atoms with Gasteiger partial charge in [0.2, 0.25) is 0 Å². The first kappa shape index (κ1) is 7.92. The molecule has 0 amide bonds. The van der Waals surface area contributed by atoms with Crippen LogP contribution in [0.1, 0.15) is 26.7 Å². The highest BCUT2D eigenvalue weighted by Crippen LogP contribution is 2.50. The molecule has 0 aromatic heterocycles. The smallest absolute Gasteiger partial charge is 0.0303 e. The standard InChI is InChI=1S/C12H16/c1-3-9-10(4-2)12-8-6-5-7-11(9)12/h5,7,9-12H,3-4H2,1-2H3. The van der Waals surface area contributed by atoms with Gasteiger partial charge in [-0.15, -0.1) is 0 Å². The fourth-order valence-electron chi connectivity index (χ4n) is 2.86. The molecular weight excluding hydrogens is 144 g/mol. The van der Waals surface area contributed by atoms with Gasteiger partial charge < -0.3 is 0 Å². The average Bonchev–Trinajstić information content (AvgIpc) is 2.08. The van der Waals surface area contributed by atoms with E-state index in [4.69, 9.17) is 0 Å². The second-order valence-corrected chi connectivity index (χ2v) is 3.90. The van der Waals surface area contributed by atoms with Gasteiger partial charge in [-0.25, -0.2) is 0 Å². The fourth-order valence-corrected chi connectivity index (χ4v) is 2.86. The quantitative estimate of drug-likeness (QED) is 0.545. The van der Waals surface area contributed by atoms with Crippen LogP contribution in [0.3, 0.4) is 0 Å². The van der Waals surface area contributed by atoms with Gasteiger partial charge in [-0.05, 0) is 23.8 Å². The molecule has 12 heavy (non-hydrogen) atoms. The highest BCUT2D eigenvalue weighted by atomic mass is 14.5. The predicted molar refractivity (Wildman–Crippen MR) is 51.5 cm³/mol. The molecule has 1 saturated carbocycles. The summed E-state index contributed by atoms with van der Waals surface area (Å²) in [5.74, 6) is 9.74. The summed E-state index contributed by atoms with van der Waals surface area (Å²) in [6.45, 7) is 4.60. The molecule has 0 spiro atoms. The molecule has 0 aromatic carbocycles. The molecule has 64 valence electrons. The van der Waals surface area contributed by atoms with Crippen LogP contribution in [-0.4, -0.2) is 0 Å². The molecule has 2 aliphatic rings. The van der Waals surface area contributed by atoms with Crippen LogP contribution < -0.4 is 0 Å². The van der Waals surface area contributed by atoms with Crippen molar-refractivity contribution >= 4 is 0 Å². The Kier molecular flexibility index (Phi) is 1.97. The minimum Gasteiger partial charge on any atom is -0.0942 e. The molecule has 4 atom stereocenters. The first-order chi connectivity index (χ1) is 5.88. The van der Waals surface area contributed by atoms with E-state index in [9.17, 15) is 0 Å². The van der Waals surface area contributed by atoms with E-state index >= 15 is 0 Å². The van der Waals surface area contributed by atoms with E-state index in [2.05, 4.69) is 31.8 Å². The fraction of sp³-hybridized carbons (Fsp3) is 0.667. The van der Waals surface area contributed by atoms with Crippen LogP contribution in [0.4, 0.5) is 0 Å². The number of hydrogen-bond donors (Lipinski definition) is 0. The summed E-state index contributed by atoms with van der Waals surface area (Å²) in [7, 11) is 0. The third-order valence-corrected chi connectivity index (χ3v) is 3.51. The van der Waals surface area contributed by atoms with Crippen LogP contribution in [0, 0.1) is 35.5 Å². The summed E-state index contributed by atoms with van der Waals surface area (Å²) in [4.78, 5) is 0. The lowest BCUT2D eigenvalue weighted by molar-refractivity contribution is 0.0428. The van der Waals surface area contributed by atoms with Crippen molar-refractivity contribution in [2.24, 2.45) is 23.7 Å². The monoisotopic (exact) mass is 160 g/mol. The Morgan fingerprint density at radius 3 is 2.58 bits per heavy atom. The molecule has 0 aromatic rings. The van der Waals surface area contributed by atoms with Gasteiger partial charge in [0.25, 0.3) is 0 Å². The zero-order valence-electron chi connectivity index (χ0n) is 7.88. The molecule has 0 bridgehead atoms. The van der Waals surface area contributed by atoms with Gasteiger partial charge in [-0.3, -0.25) is 0 Å². The summed E-state index contributed by atoms with van der Waals surface area (Å²) in [6.07, 6.45) is 6.99. The first-order valence-electron chi connectivity index (χ1n) is 5.06. The zero-order chi connectivity index (χ0) is 8.55. The van der Waals surface area contributed by atoms with E-state index in [0.29, 0.717) is 5.92 Å². The maximum absolute atomic E-state index is 3.35. The van der Waals surface area contributed by atoms with Crippen molar-refractivity contribution in [1.82, 2.24) is 0 Å². The Morgan fingerprint density at radius 2 is 1.92 bits per heavy atom. The van der Waals surface area contributed by atoms with Crippen LogP contribution in [-0.2, 0) is 0 Å². The lowest BCUT2D eigenvalue weighted by Gasteiger charge is -2.49. The molecule has 2 rings (SSSR count). The SMILES string of the molecule is CCC1C2C#CC=CC2C1CC. The Labute approximate surface area is 75.1 Å². The lowest BCUT2D eigenvalue weighted by Crippen LogP contribution is -2.45. The molecule has 0 N–H and O–H groups in total. The predicted octanol–water partition coefficient (Wildman–Crippen LogP) is 2.86. The van der Waals surface area contributed by atoms with Crippen molar-refractivity contribution in [3.8, 4) is 11.8 Å². The molecule has 0 nitrogen and oxygen atoms in total. The maximum atomic E-state index is 3.35. The van der Waals surface area contributed by atoms with Gasteiger partial charge in [-0.1, -0.05) is 44.6 Å². The normalized spacial score (nSPS) is 42.5. The molecule has 0 saturated heterocycles. The van der Waals surface area contributed by atoms with Crippen molar-refractivity contribution < 1.29 is 0 Å². The second kappa shape index (κ2) is 2.98. The maximum Gasteiger partial charge on any atom is 0.0303 e. The first-order valence-corrected chi connectivity index (χ1v) is 5.06. The van der Waals surface area contributed by atoms with Gasteiger partial charge in [-0.2, -0.15) is 0 Å². The highest BCUT2D eigenvalue weighted by Gasteiger charge is 2.46. The van der Waals surface area contributed by atoms with Crippen LogP contribution in [0.15, 0.2) is 12.2 Å². The number of rotatable bonds is 2. The molecule has 0 radical (unpaired) electrons. The topological polar surface area (TPSA) is 0 Å². The summed E-state index contributed by atoms with van der Waals surface area (Å²) in [6, 6.07) is 0. The number of allylic oxidation sites excluding steroid dienone is 2. The zero-order valence-corrected chi connectivity index (χ0v) is 7.88. The Morgan fingerprint density at radius 1 is 1.17 bits per heavy atom. The van der Waals surface area contributed by atoms with Crippen molar-refractivity contribution in [2.75, 3.05) is 0 Å². The summed E-state index contributed by atoms with van der Waals surface area (Å²) >= 11 is 0. The van der Waals surface area contributed by atoms with Gasteiger partial charge in [0, 0.05) is 5.92 Å². The van der Waals surface area contributed by atoms with Gasteiger partial charge in [0.05, 0.1) is 0 Å². The van der Waals surface area contributed by atoms with Crippen molar-refractivity contribution in [2.45, 2.75) is 26.7 Å². The Bertz CT molecular complexity index is 251. The van der Waals surface area contributed by atoms with E-state index in [-0.39, 0.29) is 0 Å². The van der Waals surface area contributed by atoms with Gasteiger partial charge >= 0.3 is 0 Å². The third kappa shape index (κ3) is 0.926. The van der Waals surface area contributed by atoms with Crippen molar-refractivity contribution in [3.63, 3.8) is 0 Å². The molecular formula is C12H16. The van der Waals surface area contributed by atoms with Crippen molar-refractivity contribution in [3.05, 3.63) is 12.2 Å². The third-order valence-electron chi connectivity index (χ3n) is 3.51. The van der Waals surface area contributed by atoms with Crippen LogP contribution in [0.5, 0.6) is 0 Å². The molecule has 2 aliphatic carbocycles. The molecule has 1 fully saturated rings. The minimum absolute atomic E-state index is 0.699.